The van der Waals surface area contributed by atoms with Crippen LogP contribution < -0.4 is 4.90 Å². The highest BCUT2D eigenvalue weighted by Crippen LogP contribution is 2.56. The molecule has 1 N–H and O–H groups in total. The second-order valence-corrected chi connectivity index (χ2v) is 11.9. The van der Waals surface area contributed by atoms with Crippen LogP contribution in [0.15, 0.2) is 47.1 Å². The Balaban J connectivity index is 1.15. The Morgan fingerprint density at radius 2 is 1.76 bits per heavy atom. The third-order valence-corrected chi connectivity index (χ3v) is 9.04. The molecule has 4 heterocycles. The summed E-state index contributed by atoms with van der Waals surface area (Å²) in [4.78, 5) is 16.9. The van der Waals surface area contributed by atoms with E-state index in [2.05, 4.69) is 16.2 Å². The lowest BCUT2D eigenvalue weighted by Crippen LogP contribution is -2.42. The van der Waals surface area contributed by atoms with Crippen molar-refractivity contribution in [1.82, 2.24) is 14.5 Å². The number of hydrogen-bond donors (Lipinski definition) is 1. The molecule has 0 unspecified atom stereocenters. The zero-order chi connectivity index (χ0) is 28.7. The molecule has 3 aromatic heterocycles. The van der Waals surface area contributed by atoms with Gasteiger partial charge in [-0.15, -0.1) is 0 Å². The number of aromatic carboxylic acids is 1. The average Bonchev–Trinajstić information content (AvgIpc) is 3.53. The van der Waals surface area contributed by atoms with Crippen molar-refractivity contribution in [1.29, 1.82) is 0 Å². The Morgan fingerprint density at radius 3 is 2.37 bits per heavy atom. The summed E-state index contributed by atoms with van der Waals surface area (Å²) in [6.07, 6.45) is 3.40. The summed E-state index contributed by atoms with van der Waals surface area (Å²) in [6, 6.07) is 8.40. The van der Waals surface area contributed by atoms with Gasteiger partial charge in [0.1, 0.15) is 11.5 Å². The molecule has 0 atom stereocenters. The first-order valence-electron chi connectivity index (χ1n) is 13.3. The first-order chi connectivity index (χ1) is 19.5. The second-order valence-electron chi connectivity index (χ2n) is 11.1. The molecule has 0 amide bonds. The number of carboxylic acid groups (broad SMARTS) is 1. The third-order valence-electron chi connectivity index (χ3n) is 8.41. The van der Waals surface area contributed by atoms with Gasteiger partial charge < -0.3 is 14.5 Å². The van der Waals surface area contributed by atoms with Crippen molar-refractivity contribution in [2.24, 2.45) is 5.41 Å². The normalized spacial score (nSPS) is 18.6. The lowest BCUT2D eigenvalue weighted by atomic mass is 9.63. The van der Waals surface area contributed by atoms with Crippen LogP contribution in [0.5, 0.6) is 0 Å². The number of fused-ring (bicyclic) bond motifs is 1. The largest absolute Gasteiger partial charge is 0.476 e. The number of hydrogen-bond acceptors (Lipinski definition) is 5. The van der Waals surface area contributed by atoms with E-state index in [9.17, 15) is 23.1 Å². The minimum Gasteiger partial charge on any atom is -0.476 e. The van der Waals surface area contributed by atoms with Gasteiger partial charge in [0, 0.05) is 36.3 Å². The fourth-order valence-electron chi connectivity index (χ4n) is 6.16. The monoisotopic (exact) mass is 602 g/mol. The number of allylic oxidation sites excluding steroid dienone is 2. The molecule has 0 bridgehead atoms. The summed E-state index contributed by atoms with van der Waals surface area (Å²) in [7, 11) is 0. The summed E-state index contributed by atoms with van der Waals surface area (Å²) in [5.41, 5.74) is 3.31. The van der Waals surface area contributed by atoms with Gasteiger partial charge in [-0.25, -0.2) is 9.78 Å². The molecule has 41 heavy (non-hydrogen) atoms. The van der Waals surface area contributed by atoms with Gasteiger partial charge in [0.25, 0.3) is 0 Å². The van der Waals surface area contributed by atoms with Gasteiger partial charge in [-0.2, -0.15) is 13.2 Å². The molecular weight excluding hydrogens is 580 g/mol. The van der Waals surface area contributed by atoms with Crippen molar-refractivity contribution >= 4 is 45.9 Å². The number of imidazole rings is 1. The maximum atomic E-state index is 13.6. The maximum absolute atomic E-state index is 13.6. The molecule has 212 valence electrons. The Hall–Kier alpha value is -3.50. The van der Waals surface area contributed by atoms with Crippen LogP contribution in [0.1, 0.15) is 65.7 Å². The SMILES string of the molecule is O=C(O)c1nc(C(F)(F)F)n2cc(N3CCC4(C=C(c5c(-c6c(Cl)cccc6Cl)noc5C5CC5)C4)CC3)ccc12. The van der Waals surface area contributed by atoms with Gasteiger partial charge in [0.2, 0.25) is 5.82 Å². The molecule has 7 rings (SSSR count). The summed E-state index contributed by atoms with van der Waals surface area (Å²) in [6.45, 7) is 1.28. The zero-order valence-corrected chi connectivity index (χ0v) is 23.0. The van der Waals surface area contributed by atoms with E-state index in [0.29, 0.717) is 46.0 Å². The fourth-order valence-corrected chi connectivity index (χ4v) is 6.74. The van der Waals surface area contributed by atoms with Crippen molar-refractivity contribution < 1.29 is 27.6 Å². The number of carbonyl (C=O) groups is 1. The van der Waals surface area contributed by atoms with Crippen molar-refractivity contribution in [3.63, 3.8) is 0 Å². The molecule has 3 aliphatic rings. The molecule has 2 fully saturated rings. The summed E-state index contributed by atoms with van der Waals surface area (Å²) < 4.78 is 47.5. The van der Waals surface area contributed by atoms with Gasteiger partial charge in [0.15, 0.2) is 5.69 Å². The number of benzene rings is 1. The van der Waals surface area contributed by atoms with Crippen LogP contribution in [0.4, 0.5) is 18.9 Å². The van der Waals surface area contributed by atoms with Crippen LogP contribution in [0.25, 0.3) is 22.3 Å². The van der Waals surface area contributed by atoms with E-state index < -0.39 is 23.7 Å². The maximum Gasteiger partial charge on any atom is 0.450 e. The number of carboxylic acids is 1. The molecule has 1 spiro atoms. The van der Waals surface area contributed by atoms with E-state index in [-0.39, 0.29) is 10.9 Å². The molecule has 1 aliphatic heterocycles. The van der Waals surface area contributed by atoms with Crippen LogP contribution >= 0.6 is 23.2 Å². The van der Waals surface area contributed by atoms with Gasteiger partial charge >= 0.3 is 12.1 Å². The second kappa shape index (κ2) is 9.25. The smallest absolute Gasteiger partial charge is 0.450 e. The van der Waals surface area contributed by atoms with Crippen molar-refractivity contribution in [2.75, 3.05) is 18.0 Å². The Kier molecular flexibility index (Phi) is 5.96. The number of anilines is 1. The minimum atomic E-state index is -4.79. The van der Waals surface area contributed by atoms with E-state index >= 15 is 0 Å². The number of aromatic nitrogens is 3. The minimum absolute atomic E-state index is 0.0296. The highest BCUT2D eigenvalue weighted by molar-refractivity contribution is 6.39. The Morgan fingerprint density at radius 1 is 1.07 bits per heavy atom. The van der Waals surface area contributed by atoms with E-state index in [1.165, 1.54) is 12.3 Å². The highest BCUT2D eigenvalue weighted by atomic mass is 35.5. The van der Waals surface area contributed by atoms with Gasteiger partial charge in [-0.05, 0) is 67.4 Å². The molecule has 4 aromatic rings. The van der Waals surface area contributed by atoms with Crippen molar-refractivity contribution in [2.45, 2.75) is 44.2 Å². The molecule has 1 saturated carbocycles. The van der Waals surface area contributed by atoms with Crippen LogP contribution in [-0.4, -0.2) is 38.7 Å². The number of rotatable bonds is 5. The van der Waals surface area contributed by atoms with Crippen LogP contribution in [-0.2, 0) is 6.18 Å². The first kappa shape index (κ1) is 26.4. The zero-order valence-electron chi connectivity index (χ0n) is 21.5. The van der Waals surface area contributed by atoms with Crippen LogP contribution in [0.3, 0.4) is 0 Å². The molecule has 2 aliphatic carbocycles. The highest BCUT2D eigenvalue weighted by Gasteiger charge is 2.44. The van der Waals surface area contributed by atoms with Gasteiger partial charge in [0.05, 0.1) is 21.2 Å². The van der Waals surface area contributed by atoms with Crippen molar-refractivity contribution in [3.8, 4) is 11.3 Å². The Labute approximate surface area is 242 Å². The number of nitrogens with zero attached hydrogens (tertiary/aromatic N) is 4. The predicted octanol–water partition coefficient (Wildman–Crippen LogP) is 7.96. The lowest BCUT2D eigenvalue weighted by molar-refractivity contribution is -0.145. The van der Waals surface area contributed by atoms with Crippen molar-refractivity contribution in [3.05, 3.63) is 75.5 Å². The first-order valence-corrected chi connectivity index (χ1v) is 14.0. The van der Waals surface area contributed by atoms with Crippen LogP contribution in [0.2, 0.25) is 10.0 Å². The van der Waals surface area contributed by atoms with Crippen LogP contribution in [0, 0.1) is 5.41 Å². The quantitative estimate of drug-likeness (QED) is 0.249. The number of alkyl halides is 3. The topological polar surface area (TPSA) is 83.9 Å². The Bertz CT molecular complexity index is 1730. The fraction of sp³-hybridized carbons (Fsp3) is 0.345. The molecule has 7 nitrogen and oxygen atoms in total. The van der Waals surface area contributed by atoms with E-state index in [1.807, 2.05) is 4.90 Å². The lowest BCUT2D eigenvalue weighted by Gasteiger charge is -2.47. The number of halogens is 5. The average molecular weight is 603 g/mol. The molecule has 1 aromatic carbocycles. The summed E-state index contributed by atoms with van der Waals surface area (Å²) >= 11 is 13.0. The van der Waals surface area contributed by atoms with Gasteiger partial charge in [-0.3, -0.25) is 4.40 Å². The molecular formula is C29H23Cl2F3N4O3. The standard InChI is InChI=1S/C29H23Cl2F3N4O3/c30-18-2-1-3-19(31)22(18)24-21(25(41-36-24)15-4-5-15)16-12-28(13-16)8-10-37(11-9-28)17-6-7-20-23(26(39)40)35-27(29(32,33)34)38(20)14-17/h1-3,6-7,12,14-15H,4-5,8-11,13H2,(H,39,40). The predicted molar refractivity (Wildman–Crippen MR) is 148 cm³/mol. The molecule has 12 heteroatoms. The number of piperidine rings is 1. The van der Waals surface area contributed by atoms with E-state index in [0.717, 1.165) is 53.4 Å². The van der Waals surface area contributed by atoms with Gasteiger partial charge in [-0.1, -0.05) is 40.5 Å². The molecule has 0 radical (unpaired) electrons. The van der Waals surface area contributed by atoms with E-state index in [4.69, 9.17) is 27.7 Å². The summed E-state index contributed by atoms with van der Waals surface area (Å²) in [5.74, 6) is -1.53. The summed E-state index contributed by atoms with van der Waals surface area (Å²) in [5, 5.41) is 14.8. The van der Waals surface area contributed by atoms with E-state index in [1.54, 1.807) is 24.3 Å². The number of pyridine rings is 1. The third kappa shape index (κ3) is 4.39. The molecule has 1 saturated heterocycles.